The second-order valence-electron chi connectivity index (χ2n) is 5.69. The summed E-state index contributed by atoms with van der Waals surface area (Å²) in [5, 5.41) is 6.31. The Balaban J connectivity index is 2.78. The Labute approximate surface area is 148 Å². The van der Waals surface area contributed by atoms with Gasteiger partial charge in [0.25, 0.3) is 0 Å². The first kappa shape index (κ1) is 20.8. The van der Waals surface area contributed by atoms with Crippen molar-refractivity contribution in [2.75, 3.05) is 6.54 Å². The third-order valence-corrected chi connectivity index (χ3v) is 4.55. The Morgan fingerprint density at radius 2 is 1.72 bits per heavy atom. The number of benzene rings is 1. The van der Waals surface area contributed by atoms with Crippen molar-refractivity contribution in [2.24, 2.45) is 5.10 Å². The van der Waals surface area contributed by atoms with Gasteiger partial charge in [-0.1, -0.05) is 19.1 Å². The van der Waals surface area contributed by atoms with Crippen LogP contribution in [0.1, 0.15) is 39.7 Å². The molecule has 25 heavy (non-hydrogen) atoms. The van der Waals surface area contributed by atoms with Crippen molar-refractivity contribution in [1.82, 2.24) is 15.5 Å². The quantitative estimate of drug-likeness (QED) is 0.374. The maximum atomic E-state index is 12.0. The maximum Gasteiger partial charge on any atom is 0.329 e. The molecule has 138 valence electrons. The van der Waals surface area contributed by atoms with Crippen LogP contribution in [-0.4, -0.2) is 38.5 Å². The average molecular weight is 368 g/mol. The zero-order chi connectivity index (χ0) is 19.0. The number of carbonyl (C=O) groups is 2. The number of nitrogens with one attached hydrogen (secondary N) is 3. The SMILES string of the molecule is CCCNS(=O)(=O)c1ccc(/C(C)=N\NC(=O)C(=O)NC(C)C)cc1. The molecule has 0 bridgehead atoms. The summed E-state index contributed by atoms with van der Waals surface area (Å²) in [6.07, 6.45) is 0.702. The Bertz CT molecular complexity index is 740. The Kier molecular flexibility index (Phi) is 7.72. The number of hydrogen-bond donors (Lipinski definition) is 3. The average Bonchev–Trinajstić information content (AvgIpc) is 2.57. The van der Waals surface area contributed by atoms with E-state index in [0.29, 0.717) is 24.2 Å². The summed E-state index contributed by atoms with van der Waals surface area (Å²) >= 11 is 0. The molecule has 0 aliphatic carbocycles. The third kappa shape index (κ3) is 6.63. The summed E-state index contributed by atoms with van der Waals surface area (Å²) in [6.45, 7) is 7.37. The molecule has 0 fully saturated rings. The lowest BCUT2D eigenvalue weighted by Crippen LogP contribution is -2.41. The van der Waals surface area contributed by atoms with Gasteiger partial charge in [0, 0.05) is 12.6 Å². The van der Waals surface area contributed by atoms with Gasteiger partial charge in [-0.3, -0.25) is 9.59 Å². The molecule has 1 aromatic carbocycles. The molecule has 3 N–H and O–H groups in total. The molecule has 0 radical (unpaired) electrons. The van der Waals surface area contributed by atoms with Crippen molar-refractivity contribution in [2.45, 2.75) is 45.1 Å². The van der Waals surface area contributed by atoms with Crippen LogP contribution in [0.25, 0.3) is 0 Å². The van der Waals surface area contributed by atoms with Gasteiger partial charge >= 0.3 is 11.8 Å². The number of carbonyl (C=O) groups excluding carboxylic acids is 2. The van der Waals surface area contributed by atoms with Crippen molar-refractivity contribution in [3.8, 4) is 0 Å². The van der Waals surface area contributed by atoms with Crippen molar-refractivity contribution in [1.29, 1.82) is 0 Å². The smallest absolute Gasteiger partial charge is 0.329 e. The number of rotatable bonds is 7. The van der Waals surface area contributed by atoms with Crippen LogP contribution in [0.3, 0.4) is 0 Å². The van der Waals surface area contributed by atoms with Gasteiger partial charge < -0.3 is 5.32 Å². The van der Waals surface area contributed by atoms with Gasteiger partial charge in [-0.25, -0.2) is 18.6 Å². The standard InChI is InChI=1S/C16H24N4O4S/c1-5-10-17-25(23,24)14-8-6-13(7-9-14)12(4)19-20-16(22)15(21)18-11(2)3/h6-9,11,17H,5,10H2,1-4H3,(H,18,21)(H,20,22)/b19-12-. The first-order valence-electron chi connectivity index (χ1n) is 7.92. The largest absolute Gasteiger partial charge is 0.346 e. The van der Waals surface area contributed by atoms with E-state index in [2.05, 4.69) is 20.6 Å². The molecule has 1 aromatic rings. The molecule has 0 unspecified atom stereocenters. The van der Waals surface area contributed by atoms with E-state index < -0.39 is 21.8 Å². The van der Waals surface area contributed by atoms with E-state index in [1.807, 2.05) is 6.92 Å². The lowest BCUT2D eigenvalue weighted by atomic mass is 10.1. The van der Waals surface area contributed by atoms with Gasteiger partial charge in [-0.15, -0.1) is 0 Å². The second-order valence-corrected chi connectivity index (χ2v) is 7.46. The van der Waals surface area contributed by atoms with Crippen LogP contribution in [0, 0.1) is 0 Å². The van der Waals surface area contributed by atoms with Crippen molar-refractivity contribution < 1.29 is 18.0 Å². The minimum atomic E-state index is -3.53. The van der Waals surface area contributed by atoms with E-state index in [4.69, 9.17) is 0 Å². The molecule has 0 saturated heterocycles. The minimum Gasteiger partial charge on any atom is -0.346 e. The molecule has 8 nitrogen and oxygen atoms in total. The van der Waals surface area contributed by atoms with Gasteiger partial charge in [-0.2, -0.15) is 5.10 Å². The van der Waals surface area contributed by atoms with Crippen LogP contribution < -0.4 is 15.5 Å². The van der Waals surface area contributed by atoms with E-state index in [1.165, 1.54) is 12.1 Å². The Morgan fingerprint density at radius 1 is 1.12 bits per heavy atom. The molecule has 0 spiro atoms. The summed E-state index contributed by atoms with van der Waals surface area (Å²) < 4.78 is 26.5. The van der Waals surface area contributed by atoms with Crippen molar-refractivity contribution >= 4 is 27.5 Å². The molecule has 0 atom stereocenters. The molecule has 2 amide bonds. The molecule has 0 saturated carbocycles. The maximum absolute atomic E-state index is 12.0. The predicted octanol–water partition coefficient (Wildman–Crippen LogP) is 0.740. The van der Waals surface area contributed by atoms with Gasteiger partial charge in [0.2, 0.25) is 10.0 Å². The van der Waals surface area contributed by atoms with E-state index in [9.17, 15) is 18.0 Å². The topological polar surface area (TPSA) is 117 Å². The van der Waals surface area contributed by atoms with Crippen LogP contribution >= 0.6 is 0 Å². The Hall–Kier alpha value is -2.26. The predicted molar refractivity (Wildman–Crippen MR) is 95.6 cm³/mol. The van der Waals surface area contributed by atoms with E-state index in [-0.39, 0.29) is 10.9 Å². The lowest BCUT2D eigenvalue weighted by molar-refractivity contribution is -0.139. The summed E-state index contributed by atoms with van der Waals surface area (Å²) in [4.78, 5) is 23.2. The molecule has 0 aliphatic heterocycles. The van der Waals surface area contributed by atoms with Gasteiger partial charge in [0.05, 0.1) is 10.6 Å². The number of hydrazone groups is 1. The first-order chi connectivity index (χ1) is 11.7. The van der Waals surface area contributed by atoms with Crippen molar-refractivity contribution in [3.05, 3.63) is 29.8 Å². The zero-order valence-electron chi connectivity index (χ0n) is 14.8. The molecular formula is C16H24N4O4S. The highest BCUT2D eigenvalue weighted by Gasteiger charge is 2.15. The van der Waals surface area contributed by atoms with E-state index in [1.54, 1.807) is 32.9 Å². The fraction of sp³-hybridized carbons (Fsp3) is 0.438. The lowest BCUT2D eigenvalue weighted by Gasteiger charge is -2.08. The zero-order valence-corrected chi connectivity index (χ0v) is 15.6. The minimum absolute atomic E-state index is 0.151. The summed E-state index contributed by atoms with van der Waals surface area (Å²) in [7, 11) is -3.53. The summed E-state index contributed by atoms with van der Waals surface area (Å²) in [5.41, 5.74) is 3.23. The Morgan fingerprint density at radius 3 is 2.24 bits per heavy atom. The van der Waals surface area contributed by atoms with Crippen LogP contribution in [0.4, 0.5) is 0 Å². The van der Waals surface area contributed by atoms with E-state index >= 15 is 0 Å². The molecule has 0 aliphatic rings. The molecule has 0 heterocycles. The molecular weight excluding hydrogens is 344 g/mol. The van der Waals surface area contributed by atoms with Gasteiger partial charge in [0.1, 0.15) is 0 Å². The highest BCUT2D eigenvalue weighted by molar-refractivity contribution is 7.89. The van der Waals surface area contributed by atoms with Crippen LogP contribution in [0.2, 0.25) is 0 Å². The van der Waals surface area contributed by atoms with Gasteiger partial charge in [-0.05, 0) is 44.9 Å². The first-order valence-corrected chi connectivity index (χ1v) is 9.41. The van der Waals surface area contributed by atoms with Crippen molar-refractivity contribution in [3.63, 3.8) is 0 Å². The molecule has 0 aromatic heterocycles. The normalized spacial score (nSPS) is 12.1. The fourth-order valence-electron chi connectivity index (χ4n) is 1.77. The molecule has 9 heteroatoms. The second kappa shape index (κ2) is 9.28. The number of sulfonamides is 1. The van der Waals surface area contributed by atoms with Crippen LogP contribution in [0.15, 0.2) is 34.3 Å². The van der Waals surface area contributed by atoms with Crippen LogP contribution in [-0.2, 0) is 19.6 Å². The number of amides is 2. The van der Waals surface area contributed by atoms with E-state index in [0.717, 1.165) is 0 Å². The number of nitrogens with zero attached hydrogens (tertiary/aromatic N) is 1. The van der Waals surface area contributed by atoms with Crippen LogP contribution in [0.5, 0.6) is 0 Å². The fourth-order valence-corrected chi connectivity index (χ4v) is 2.91. The monoisotopic (exact) mass is 368 g/mol. The number of hydrogen-bond acceptors (Lipinski definition) is 5. The van der Waals surface area contributed by atoms with Gasteiger partial charge in [0.15, 0.2) is 0 Å². The summed E-state index contributed by atoms with van der Waals surface area (Å²) in [5.74, 6) is -1.63. The third-order valence-electron chi connectivity index (χ3n) is 3.08. The highest BCUT2D eigenvalue weighted by atomic mass is 32.2. The molecule has 1 rings (SSSR count). The summed E-state index contributed by atoms with van der Waals surface area (Å²) in [6, 6.07) is 5.93. The highest BCUT2D eigenvalue weighted by Crippen LogP contribution is 2.11.